The van der Waals surface area contributed by atoms with Crippen molar-refractivity contribution in [3.63, 3.8) is 0 Å². The lowest BCUT2D eigenvalue weighted by atomic mass is 9.99. The summed E-state index contributed by atoms with van der Waals surface area (Å²) in [6.07, 6.45) is 4.39. The number of amides is 1. The number of nitrogens with one attached hydrogen (secondary N) is 1. The zero-order valence-electron chi connectivity index (χ0n) is 16.9. The van der Waals surface area contributed by atoms with E-state index in [2.05, 4.69) is 15.5 Å². The fraction of sp³-hybridized carbons (Fsp3) is 0.611. The Morgan fingerprint density at radius 3 is 2.76 bits per heavy atom. The summed E-state index contributed by atoms with van der Waals surface area (Å²) >= 11 is 6.14. The molecule has 0 aliphatic carbocycles. The molecule has 11 heteroatoms. The molecule has 0 unspecified atom stereocenters. The zero-order valence-corrected chi connectivity index (χ0v) is 18.5. The van der Waals surface area contributed by atoms with Gasteiger partial charge >= 0.3 is 0 Å². The lowest BCUT2D eigenvalue weighted by Crippen LogP contribution is -2.45. The van der Waals surface area contributed by atoms with Gasteiger partial charge in [0.15, 0.2) is 0 Å². The van der Waals surface area contributed by atoms with Crippen LogP contribution in [0, 0.1) is 12.8 Å². The van der Waals surface area contributed by atoms with E-state index in [1.807, 2.05) is 13.8 Å². The molecule has 1 aliphatic rings. The topological polar surface area (TPSA) is 102 Å². The Morgan fingerprint density at radius 2 is 2.10 bits per heavy atom. The highest BCUT2D eigenvalue weighted by molar-refractivity contribution is 7.89. The Kier molecular flexibility index (Phi) is 6.65. The van der Waals surface area contributed by atoms with Crippen LogP contribution in [0.15, 0.2) is 17.3 Å². The highest BCUT2D eigenvalue weighted by atomic mass is 35.5. The first kappa shape index (κ1) is 21.8. The molecule has 0 bridgehead atoms. The van der Waals surface area contributed by atoms with Gasteiger partial charge in [0.25, 0.3) is 0 Å². The van der Waals surface area contributed by atoms with Crippen molar-refractivity contribution >= 4 is 27.5 Å². The normalized spacial score (nSPS) is 18.1. The van der Waals surface area contributed by atoms with E-state index < -0.39 is 15.9 Å². The van der Waals surface area contributed by atoms with Gasteiger partial charge in [-0.3, -0.25) is 14.2 Å². The number of nitrogens with zero attached hydrogens (tertiary/aromatic N) is 5. The van der Waals surface area contributed by atoms with Crippen LogP contribution in [0.2, 0.25) is 5.02 Å². The second kappa shape index (κ2) is 8.85. The molecule has 2 aromatic rings. The van der Waals surface area contributed by atoms with Gasteiger partial charge in [0.05, 0.1) is 35.1 Å². The fourth-order valence-corrected chi connectivity index (χ4v) is 5.48. The van der Waals surface area contributed by atoms with Crippen LogP contribution in [0.3, 0.4) is 0 Å². The van der Waals surface area contributed by atoms with E-state index in [9.17, 15) is 13.2 Å². The molecular formula is C18H27ClN6O3S. The summed E-state index contributed by atoms with van der Waals surface area (Å²) in [5, 5.41) is 11.8. The molecule has 1 atom stereocenters. The van der Waals surface area contributed by atoms with Crippen LogP contribution in [0.25, 0.3) is 0 Å². The zero-order chi connectivity index (χ0) is 21.2. The summed E-state index contributed by atoms with van der Waals surface area (Å²) in [5.74, 6) is -0.581. The van der Waals surface area contributed by atoms with E-state index in [0.717, 1.165) is 5.69 Å². The molecule has 1 N–H and O–H groups in total. The van der Waals surface area contributed by atoms with Crippen LogP contribution < -0.4 is 5.32 Å². The number of carbonyl (C=O) groups is 1. The molecular weight excluding hydrogens is 416 g/mol. The van der Waals surface area contributed by atoms with Crippen molar-refractivity contribution in [2.45, 2.75) is 58.1 Å². The number of piperidine rings is 1. The van der Waals surface area contributed by atoms with Crippen LogP contribution in [-0.4, -0.2) is 51.3 Å². The number of hydrogen-bond donors (Lipinski definition) is 1. The van der Waals surface area contributed by atoms with Crippen molar-refractivity contribution in [2.24, 2.45) is 5.92 Å². The predicted octanol–water partition coefficient (Wildman–Crippen LogP) is 1.80. The summed E-state index contributed by atoms with van der Waals surface area (Å²) in [4.78, 5) is 12.9. The first-order chi connectivity index (χ1) is 13.8. The molecule has 0 spiro atoms. The van der Waals surface area contributed by atoms with Gasteiger partial charge in [-0.15, -0.1) is 0 Å². The molecule has 0 aromatic carbocycles. The van der Waals surface area contributed by atoms with Gasteiger partial charge in [-0.1, -0.05) is 11.6 Å². The van der Waals surface area contributed by atoms with E-state index in [4.69, 9.17) is 11.6 Å². The van der Waals surface area contributed by atoms with E-state index in [1.165, 1.54) is 4.31 Å². The first-order valence-electron chi connectivity index (χ1n) is 9.80. The largest absolute Gasteiger partial charge is 0.350 e. The third-order valence-electron chi connectivity index (χ3n) is 5.23. The molecule has 0 saturated carbocycles. The van der Waals surface area contributed by atoms with Crippen LogP contribution >= 0.6 is 11.6 Å². The SMILES string of the molecule is CCn1cc(S(=O)(=O)N2CCC[C@H](C(=O)NCc3c(Cl)cnn3CC)C2)c(C)n1. The van der Waals surface area contributed by atoms with Gasteiger partial charge in [0.2, 0.25) is 15.9 Å². The standard InChI is InChI=1S/C18H27ClN6O3S/c1-4-23-12-17(13(3)22-23)29(27,28)24-8-6-7-14(11-24)18(26)20-10-16-15(19)9-21-25(16)5-2/h9,12,14H,4-8,10-11H2,1-3H3,(H,20,26)/t14-/m0/s1. The van der Waals surface area contributed by atoms with Crippen LogP contribution in [0.4, 0.5) is 0 Å². The Labute approximate surface area is 176 Å². The maximum Gasteiger partial charge on any atom is 0.246 e. The molecule has 1 aliphatic heterocycles. The van der Waals surface area contributed by atoms with Gasteiger partial charge in [-0.05, 0) is 33.6 Å². The van der Waals surface area contributed by atoms with Gasteiger partial charge in [-0.25, -0.2) is 8.42 Å². The lowest BCUT2D eigenvalue weighted by Gasteiger charge is -2.31. The quantitative estimate of drug-likeness (QED) is 0.704. The maximum absolute atomic E-state index is 13.1. The molecule has 29 heavy (non-hydrogen) atoms. The number of rotatable bonds is 7. The monoisotopic (exact) mass is 442 g/mol. The second-order valence-corrected chi connectivity index (χ2v) is 9.42. The van der Waals surface area contributed by atoms with E-state index in [0.29, 0.717) is 43.2 Å². The summed E-state index contributed by atoms with van der Waals surface area (Å²) in [6.45, 7) is 7.60. The van der Waals surface area contributed by atoms with Crippen molar-refractivity contribution < 1.29 is 13.2 Å². The molecule has 0 radical (unpaired) electrons. The average Bonchev–Trinajstić information content (AvgIpc) is 3.28. The summed E-state index contributed by atoms with van der Waals surface area (Å²) in [6, 6.07) is 0. The van der Waals surface area contributed by atoms with Crippen molar-refractivity contribution in [1.29, 1.82) is 0 Å². The Morgan fingerprint density at radius 1 is 1.34 bits per heavy atom. The second-order valence-electron chi connectivity index (χ2n) is 7.11. The third kappa shape index (κ3) is 4.49. The molecule has 1 amide bonds. The Bertz CT molecular complexity index is 984. The van der Waals surface area contributed by atoms with Gasteiger partial charge in [-0.2, -0.15) is 14.5 Å². The highest BCUT2D eigenvalue weighted by Crippen LogP contribution is 2.25. The van der Waals surface area contributed by atoms with Crippen LogP contribution in [0.5, 0.6) is 0 Å². The Hall–Kier alpha value is -1.91. The van der Waals surface area contributed by atoms with Crippen molar-refractivity contribution in [1.82, 2.24) is 29.2 Å². The van der Waals surface area contributed by atoms with E-state index in [-0.39, 0.29) is 23.9 Å². The van der Waals surface area contributed by atoms with Crippen molar-refractivity contribution in [3.8, 4) is 0 Å². The molecule has 1 fully saturated rings. The van der Waals surface area contributed by atoms with Crippen molar-refractivity contribution in [3.05, 3.63) is 28.8 Å². The average molecular weight is 443 g/mol. The summed E-state index contributed by atoms with van der Waals surface area (Å²) in [5.41, 5.74) is 1.21. The number of hydrogen-bond acceptors (Lipinski definition) is 5. The fourth-order valence-electron chi connectivity index (χ4n) is 3.58. The van der Waals surface area contributed by atoms with Gasteiger partial charge in [0.1, 0.15) is 4.90 Å². The molecule has 9 nitrogen and oxygen atoms in total. The van der Waals surface area contributed by atoms with Crippen molar-refractivity contribution in [2.75, 3.05) is 13.1 Å². The molecule has 3 heterocycles. The minimum Gasteiger partial charge on any atom is -0.350 e. The van der Waals surface area contributed by atoms with E-state index >= 15 is 0 Å². The lowest BCUT2D eigenvalue weighted by molar-refractivity contribution is -0.126. The predicted molar refractivity (Wildman–Crippen MR) is 109 cm³/mol. The first-order valence-corrected chi connectivity index (χ1v) is 11.6. The molecule has 3 rings (SSSR count). The number of aryl methyl sites for hydroxylation is 3. The molecule has 2 aromatic heterocycles. The van der Waals surface area contributed by atoms with E-state index in [1.54, 1.807) is 28.7 Å². The molecule has 160 valence electrons. The minimum absolute atomic E-state index is 0.158. The smallest absolute Gasteiger partial charge is 0.246 e. The van der Waals surface area contributed by atoms with Gasteiger partial charge < -0.3 is 5.32 Å². The molecule has 1 saturated heterocycles. The third-order valence-corrected chi connectivity index (χ3v) is 7.51. The Balaban J connectivity index is 1.68. The number of halogens is 1. The number of sulfonamides is 1. The number of aromatic nitrogens is 4. The minimum atomic E-state index is -3.69. The van der Waals surface area contributed by atoms with Crippen LogP contribution in [-0.2, 0) is 34.5 Å². The summed E-state index contributed by atoms with van der Waals surface area (Å²) < 4.78 is 30.9. The van der Waals surface area contributed by atoms with Crippen LogP contribution in [0.1, 0.15) is 38.1 Å². The summed E-state index contributed by atoms with van der Waals surface area (Å²) in [7, 11) is -3.69. The highest BCUT2D eigenvalue weighted by Gasteiger charge is 2.35. The number of carbonyl (C=O) groups excluding carboxylic acids is 1. The van der Waals surface area contributed by atoms with Gasteiger partial charge in [0, 0.05) is 32.4 Å². The maximum atomic E-state index is 13.1.